The Morgan fingerprint density at radius 2 is 2.06 bits per heavy atom. The first-order chi connectivity index (χ1) is 17.4. The lowest BCUT2D eigenvalue weighted by atomic mass is 9.85. The monoisotopic (exact) mass is 513 g/mol. The first kappa shape index (κ1) is 24.7. The highest BCUT2D eigenvalue weighted by Gasteiger charge is 2.43. The molecule has 0 spiro atoms. The zero-order chi connectivity index (χ0) is 25.2. The molecule has 3 N–H and O–H groups in total. The van der Waals surface area contributed by atoms with Gasteiger partial charge in [0, 0.05) is 35.7 Å². The van der Waals surface area contributed by atoms with Crippen LogP contribution in [-0.2, 0) is 9.53 Å². The molecule has 5 rings (SSSR count). The second-order valence-corrected chi connectivity index (χ2v) is 10.1. The van der Waals surface area contributed by atoms with Gasteiger partial charge in [-0.2, -0.15) is 0 Å². The summed E-state index contributed by atoms with van der Waals surface area (Å²) in [6, 6.07) is 7.35. The van der Waals surface area contributed by atoms with Crippen molar-refractivity contribution < 1.29 is 24.2 Å². The quantitative estimate of drug-likeness (QED) is 0.493. The second-order valence-electron chi connectivity index (χ2n) is 9.64. The minimum absolute atomic E-state index is 0.000620. The van der Waals surface area contributed by atoms with E-state index in [0.717, 1.165) is 35.6 Å². The third-order valence-electron chi connectivity index (χ3n) is 7.07. The largest absolute Gasteiger partial charge is 0.491 e. The van der Waals surface area contributed by atoms with Crippen molar-refractivity contribution in [3.05, 3.63) is 64.4 Å². The molecule has 0 bridgehead atoms. The number of benzene rings is 1. The van der Waals surface area contributed by atoms with Gasteiger partial charge in [0.15, 0.2) is 0 Å². The second kappa shape index (κ2) is 10.6. The number of carbonyl (C=O) groups excluding carboxylic acids is 2. The zero-order valence-electron chi connectivity index (χ0n) is 20.3. The molecule has 1 saturated carbocycles. The molecule has 0 radical (unpaired) electrons. The van der Waals surface area contributed by atoms with E-state index < -0.39 is 6.10 Å². The molecule has 2 aliphatic carbocycles. The highest BCUT2D eigenvalue weighted by Crippen LogP contribution is 2.45. The average Bonchev–Trinajstić information content (AvgIpc) is 3.67. The van der Waals surface area contributed by atoms with Crippen LogP contribution in [0.1, 0.15) is 37.8 Å². The summed E-state index contributed by atoms with van der Waals surface area (Å²) in [5.41, 5.74) is 3.22. The smallest absolute Gasteiger partial charge is 0.410 e. The van der Waals surface area contributed by atoms with E-state index in [1.54, 1.807) is 11.8 Å². The molecule has 0 saturated heterocycles. The summed E-state index contributed by atoms with van der Waals surface area (Å²) in [7, 11) is 0. The normalized spacial score (nSPS) is 25.4. The molecule has 0 aromatic heterocycles. The van der Waals surface area contributed by atoms with E-state index in [9.17, 15) is 14.7 Å². The van der Waals surface area contributed by atoms with Crippen molar-refractivity contribution >= 4 is 23.6 Å². The minimum Gasteiger partial charge on any atom is -0.491 e. The topological polar surface area (TPSA) is 100 Å². The van der Waals surface area contributed by atoms with Crippen LogP contribution >= 0.6 is 11.6 Å². The van der Waals surface area contributed by atoms with Crippen molar-refractivity contribution in [2.24, 2.45) is 11.8 Å². The lowest BCUT2D eigenvalue weighted by molar-refractivity contribution is -0.122. The number of hydrogen-bond acceptors (Lipinski definition) is 6. The van der Waals surface area contributed by atoms with Crippen LogP contribution in [0, 0.1) is 11.8 Å². The van der Waals surface area contributed by atoms with Crippen LogP contribution in [0.5, 0.6) is 5.75 Å². The van der Waals surface area contributed by atoms with Gasteiger partial charge in [-0.3, -0.25) is 9.69 Å². The lowest BCUT2D eigenvalue weighted by Crippen LogP contribution is -2.42. The summed E-state index contributed by atoms with van der Waals surface area (Å²) in [5.74, 6) is 0.885. The Bertz CT molecular complexity index is 1100. The van der Waals surface area contributed by atoms with Gasteiger partial charge in [0.25, 0.3) is 0 Å². The number of carbonyl (C=O) groups is 2. The number of ether oxygens (including phenoxy) is 2. The Kier molecular flexibility index (Phi) is 7.25. The SMILES string of the molecule is CCOC(=O)N1CCC2=C(NC3C=CC(Cl)=CC23)C1c1ccc(OCC(O)CNC(=O)C2CC2)cc1. The fraction of sp³-hybridized carbons (Fsp3) is 0.481. The lowest BCUT2D eigenvalue weighted by Gasteiger charge is -2.37. The summed E-state index contributed by atoms with van der Waals surface area (Å²) in [6.07, 6.45) is 7.53. The molecular formula is C27H32ClN3O5. The maximum Gasteiger partial charge on any atom is 0.410 e. The Morgan fingerprint density at radius 3 is 2.78 bits per heavy atom. The highest BCUT2D eigenvalue weighted by molar-refractivity contribution is 6.31. The summed E-state index contributed by atoms with van der Waals surface area (Å²) in [5, 5.41) is 17.3. The molecule has 36 heavy (non-hydrogen) atoms. The molecule has 1 aromatic rings. The van der Waals surface area contributed by atoms with Gasteiger partial charge in [0.05, 0.1) is 12.6 Å². The fourth-order valence-corrected chi connectivity index (χ4v) is 5.30. The van der Waals surface area contributed by atoms with Crippen LogP contribution in [0.2, 0.25) is 0 Å². The van der Waals surface area contributed by atoms with E-state index in [-0.39, 0.29) is 49.1 Å². The molecule has 8 nitrogen and oxygen atoms in total. The number of amides is 2. The molecular weight excluding hydrogens is 482 g/mol. The summed E-state index contributed by atoms with van der Waals surface area (Å²) in [4.78, 5) is 26.4. The molecule has 1 fully saturated rings. The molecule has 4 atom stereocenters. The maximum atomic E-state index is 12.9. The van der Waals surface area contributed by atoms with Crippen LogP contribution in [0.3, 0.4) is 0 Å². The van der Waals surface area contributed by atoms with Gasteiger partial charge < -0.3 is 25.2 Å². The third-order valence-corrected chi connectivity index (χ3v) is 7.32. The standard InChI is InChI=1S/C27H32ClN3O5/c1-2-35-27(34)31-12-11-21-22-13-18(28)7-10-23(22)30-24(21)25(31)16-5-8-20(9-6-16)36-15-19(32)14-29-26(33)17-3-4-17/h5-10,13,17,19,22-23,25,30,32H,2-4,11-12,14-15H2,1H3,(H,29,33). The predicted octanol–water partition coefficient (Wildman–Crippen LogP) is 3.39. The molecule has 4 unspecified atom stereocenters. The van der Waals surface area contributed by atoms with Crippen LogP contribution < -0.4 is 15.4 Å². The highest BCUT2D eigenvalue weighted by atomic mass is 35.5. The number of hydrogen-bond donors (Lipinski definition) is 3. The van der Waals surface area contributed by atoms with Crippen molar-refractivity contribution in [1.82, 2.24) is 15.5 Å². The molecule has 1 aromatic carbocycles. The van der Waals surface area contributed by atoms with Crippen LogP contribution in [0.25, 0.3) is 0 Å². The molecule has 192 valence electrons. The average molecular weight is 514 g/mol. The number of rotatable bonds is 8. The number of allylic oxidation sites excluding steroid dienone is 2. The maximum absolute atomic E-state index is 12.9. The van der Waals surface area contributed by atoms with Crippen LogP contribution in [0.4, 0.5) is 4.79 Å². The van der Waals surface area contributed by atoms with Crippen LogP contribution in [0.15, 0.2) is 58.8 Å². The van der Waals surface area contributed by atoms with Gasteiger partial charge in [-0.1, -0.05) is 35.9 Å². The van der Waals surface area contributed by atoms with Crippen molar-refractivity contribution in [3.63, 3.8) is 0 Å². The number of fused-ring (bicyclic) bond motifs is 2. The fourth-order valence-electron chi connectivity index (χ4n) is 5.09. The van der Waals surface area contributed by atoms with Crippen molar-refractivity contribution in [3.8, 4) is 5.75 Å². The minimum atomic E-state index is -0.795. The Labute approximate surface area is 216 Å². The number of aliphatic hydroxyl groups is 1. The van der Waals surface area contributed by atoms with Gasteiger partial charge >= 0.3 is 6.09 Å². The summed E-state index contributed by atoms with van der Waals surface area (Å²) in [6.45, 7) is 2.91. The number of aliphatic hydroxyl groups excluding tert-OH is 1. The van der Waals surface area contributed by atoms with Gasteiger partial charge in [-0.15, -0.1) is 0 Å². The Hall–Kier alpha value is -2.97. The van der Waals surface area contributed by atoms with Gasteiger partial charge in [-0.25, -0.2) is 4.79 Å². The van der Waals surface area contributed by atoms with E-state index in [1.165, 1.54) is 5.57 Å². The number of halogens is 1. The van der Waals surface area contributed by atoms with Crippen LogP contribution in [-0.4, -0.2) is 60.5 Å². The van der Waals surface area contributed by atoms with E-state index in [2.05, 4.69) is 22.8 Å². The predicted molar refractivity (Wildman–Crippen MR) is 135 cm³/mol. The van der Waals surface area contributed by atoms with Gasteiger partial charge in [0.1, 0.15) is 24.5 Å². The summed E-state index contributed by atoms with van der Waals surface area (Å²) < 4.78 is 11.1. The summed E-state index contributed by atoms with van der Waals surface area (Å²) >= 11 is 6.30. The number of nitrogens with zero attached hydrogens (tertiary/aromatic N) is 1. The van der Waals surface area contributed by atoms with E-state index in [0.29, 0.717) is 18.9 Å². The van der Waals surface area contributed by atoms with E-state index >= 15 is 0 Å². The van der Waals surface area contributed by atoms with Crippen molar-refractivity contribution in [1.29, 1.82) is 0 Å². The molecule has 4 aliphatic rings. The molecule has 2 aliphatic heterocycles. The first-order valence-electron chi connectivity index (χ1n) is 12.6. The third kappa shape index (κ3) is 5.25. The Balaban J connectivity index is 1.29. The van der Waals surface area contributed by atoms with Crippen molar-refractivity contribution in [2.75, 3.05) is 26.3 Å². The first-order valence-corrected chi connectivity index (χ1v) is 13.0. The Morgan fingerprint density at radius 1 is 1.28 bits per heavy atom. The number of nitrogens with one attached hydrogen (secondary N) is 2. The molecule has 9 heteroatoms. The van der Waals surface area contributed by atoms with E-state index in [1.807, 2.05) is 30.3 Å². The van der Waals surface area contributed by atoms with Gasteiger partial charge in [0.2, 0.25) is 5.91 Å². The molecule has 2 amide bonds. The van der Waals surface area contributed by atoms with Crippen molar-refractivity contribution in [2.45, 2.75) is 44.4 Å². The van der Waals surface area contributed by atoms with Gasteiger partial charge in [-0.05, 0) is 55.5 Å². The van der Waals surface area contributed by atoms with E-state index in [4.69, 9.17) is 21.1 Å². The molecule has 2 heterocycles. The zero-order valence-corrected chi connectivity index (χ0v) is 21.0.